The van der Waals surface area contributed by atoms with Gasteiger partial charge in [0.2, 0.25) is 0 Å². The zero-order chi connectivity index (χ0) is 4.50. The zero-order valence-electron chi connectivity index (χ0n) is 2.58. The quantitative estimate of drug-likeness (QED) is 0.407. The first-order valence-electron chi connectivity index (χ1n) is 0.752. The van der Waals surface area contributed by atoms with E-state index < -0.39 is 6.95 Å². The van der Waals surface area contributed by atoms with E-state index >= 15 is 0 Å². The van der Waals surface area contributed by atoms with Gasteiger partial charge in [-0.3, -0.25) is 0 Å². The molecule has 2 N–H and O–H groups in total. The Kier molecular flexibility index (Phi) is 14.1. The summed E-state index contributed by atoms with van der Waals surface area (Å²) in [6.07, 6.45) is 0. The van der Waals surface area contributed by atoms with Gasteiger partial charge in [0.25, 0.3) is 0 Å². The molecule has 0 atom stereocenters. The summed E-state index contributed by atoms with van der Waals surface area (Å²) in [7, 11) is 0. The van der Waals surface area contributed by atoms with Crippen LogP contribution in [0.4, 0.5) is 0 Å². The van der Waals surface area contributed by atoms with Crippen molar-refractivity contribution in [2.45, 2.75) is 0 Å². The average Bonchev–Trinajstić information content (AvgIpc) is 0.722. The Bertz CT molecular complexity index is 61.1. The van der Waals surface area contributed by atoms with Gasteiger partial charge in [0.1, 0.15) is 0 Å². The SMILES string of the molecule is O=P(O)(O)Cl.[NaH].[V]. The Morgan fingerprint density at radius 3 is 1.43 bits per heavy atom. The molecule has 0 aromatic heterocycles. The molecule has 3 nitrogen and oxygen atoms in total. The normalized spacial score (nSPS) is 8.43. The molecular formula is H3ClNaO3PV. The zero-order valence-corrected chi connectivity index (χ0v) is 5.62. The number of hydrogen-bond donors (Lipinski definition) is 2. The molecule has 0 fully saturated rings. The first-order valence-corrected chi connectivity index (χ1v) is 3.27. The summed E-state index contributed by atoms with van der Waals surface area (Å²) in [5, 5.41) is 0. The number of halogens is 1. The predicted molar refractivity (Wildman–Crippen MR) is 25.0 cm³/mol. The second-order valence-electron chi connectivity index (χ2n) is 0.473. The van der Waals surface area contributed by atoms with Crippen LogP contribution in [0.2, 0.25) is 0 Å². The second-order valence-corrected chi connectivity index (χ2v) is 2.74. The third-order valence-electron chi connectivity index (χ3n) is 0. The van der Waals surface area contributed by atoms with Crippen molar-refractivity contribution in [3.63, 3.8) is 0 Å². The molecule has 0 aliphatic rings. The number of hydrogen-bond acceptors (Lipinski definition) is 1. The van der Waals surface area contributed by atoms with Gasteiger partial charge in [-0.25, -0.2) is 4.57 Å². The van der Waals surface area contributed by atoms with Gasteiger partial charge in [-0.2, -0.15) is 0 Å². The van der Waals surface area contributed by atoms with Crippen LogP contribution >= 0.6 is 18.2 Å². The van der Waals surface area contributed by atoms with Crippen LogP contribution in [-0.2, 0) is 23.1 Å². The molecule has 0 heterocycles. The molecular weight excluding hydrogens is 188 g/mol. The van der Waals surface area contributed by atoms with Crippen molar-refractivity contribution < 1.29 is 32.9 Å². The predicted octanol–water partition coefficient (Wildman–Crippen LogP) is -0.333. The Hall–Kier alpha value is 2.02. The van der Waals surface area contributed by atoms with Crippen LogP contribution in [0.1, 0.15) is 0 Å². The molecule has 0 spiro atoms. The average molecular weight is 191 g/mol. The third kappa shape index (κ3) is 71.1. The molecule has 0 aromatic carbocycles. The molecule has 0 aliphatic heterocycles. The van der Waals surface area contributed by atoms with Gasteiger partial charge in [-0.1, -0.05) is 0 Å². The van der Waals surface area contributed by atoms with Crippen LogP contribution < -0.4 is 0 Å². The molecule has 0 saturated carbocycles. The molecule has 0 bridgehead atoms. The van der Waals surface area contributed by atoms with Gasteiger partial charge in [0.15, 0.2) is 0 Å². The van der Waals surface area contributed by atoms with Gasteiger partial charge in [0, 0.05) is 29.8 Å². The van der Waals surface area contributed by atoms with Gasteiger partial charge in [-0.05, 0) is 0 Å². The minimum Gasteiger partial charge on any atom is 0 e. The standard InChI is InChI=1S/ClH2O3P.Na.V.H/c1-5(2,3)4;;;/h(H2,2,3,4);;;. The van der Waals surface area contributed by atoms with E-state index in [9.17, 15) is 0 Å². The van der Waals surface area contributed by atoms with E-state index in [1.54, 1.807) is 0 Å². The minimum absolute atomic E-state index is 0. The molecule has 1 radical (unpaired) electrons. The molecule has 0 rings (SSSR count). The third-order valence-corrected chi connectivity index (χ3v) is 0. The number of rotatable bonds is 0. The van der Waals surface area contributed by atoms with E-state index in [4.69, 9.17) is 14.4 Å². The van der Waals surface area contributed by atoms with Crippen molar-refractivity contribution in [2.24, 2.45) is 0 Å². The molecule has 7 heavy (non-hydrogen) atoms. The first-order chi connectivity index (χ1) is 2.00. The van der Waals surface area contributed by atoms with Crippen LogP contribution in [0.3, 0.4) is 0 Å². The summed E-state index contributed by atoms with van der Waals surface area (Å²) in [6.45, 7) is -4.17. The summed E-state index contributed by atoms with van der Waals surface area (Å²) in [5.41, 5.74) is 0. The summed E-state index contributed by atoms with van der Waals surface area (Å²) < 4.78 is 9.09. The van der Waals surface area contributed by atoms with E-state index in [2.05, 4.69) is 11.2 Å². The first kappa shape index (κ1) is 16.0. The van der Waals surface area contributed by atoms with E-state index in [1.165, 1.54) is 0 Å². The fourth-order valence-electron chi connectivity index (χ4n) is 0. The molecule has 0 unspecified atom stereocenters. The minimum atomic E-state index is -4.17. The van der Waals surface area contributed by atoms with Crippen LogP contribution in [-0.4, -0.2) is 39.3 Å². The van der Waals surface area contributed by atoms with Crippen LogP contribution in [0.5, 0.6) is 0 Å². The van der Waals surface area contributed by atoms with Crippen molar-refractivity contribution in [3.8, 4) is 0 Å². The topological polar surface area (TPSA) is 57.5 Å². The van der Waals surface area contributed by atoms with E-state index in [-0.39, 0.29) is 48.1 Å². The van der Waals surface area contributed by atoms with Crippen LogP contribution in [0, 0.1) is 0 Å². The Labute approximate surface area is 79.9 Å². The largest absolute Gasteiger partial charge is 0 e. The van der Waals surface area contributed by atoms with Crippen molar-refractivity contribution in [1.29, 1.82) is 0 Å². The van der Waals surface area contributed by atoms with Crippen molar-refractivity contribution in [1.82, 2.24) is 0 Å². The maximum atomic E-state index is 9.09. The molecule has 39 valence electrons. The van der Waals surface area contributed by atoms with Crippen LogP contribution in [0.25, 0.3) is 0 Å². The maximum Gasteiger partial charge on any atom is 0 e. The Balaban J connectivity index is -0.0000000800. The maximum absolute atomic E-state index is 9.09. The smallest absolute Gasteiger partial charge is 0 e. The van der Waals surface area contributed by atoms with Crippen molar-refractivity contribution in [2.75, 3.05) is 0 Å². The molecule has 0 aliphatic carbocycles. The summed E-state index contributed by atoms with van der Waals surface area (Å²) >= 11 is 4.20. The van der Waals surface area contributed by atoms with Gasteiger partial charge in [0.05, 0.1) is 0 Å². The molecule has 7 heteroatoms. The molecule has 0 aromatic rings. The van der Waals surface area contributed by atoms with E-state index in [1.807, 2.05) is 0 Å². The van der Waals surface area contributed by atoms with E-state index in [0.29, 0.717) is 0 Å². The van der Waals surface area contributed by atoms with Crippen molar-refractivity contribution in [3.05, 3.63) is 0 Å². The monoisotopic (exact) mass is 191 g/mol. The Morgan fingerprint density at radius 2 is 1.43 bits per heavy atom. The second kappa shape index (κ2) is 6.15. The Morgan fingerprint density at radius 1 is 1.43 bits per heavy atom. The summed E-state index contributed by atoms with van der Waals surface area (Å²) in [5.74, 6) is 0. The fourth-order valence-corrected chi connectivity index (χ4v) is 0. The summed E-state index contributed by atoms with van der Waals surface area (Å²) in [6, 6.07) is 0. The summed E-state index contributed by atoms with van der Waals surface area (Å²) in [4.78, 5) is 14.8. The van der Waals surface area contributed by atoms with Gasteiger partial charge >= 0.3 is 36.5 Å². The van der Waals surface area contributed by atoms with Gasteiger partial charge < -0.3 is 9.79 Å². The molecule has 0 saturated heterocycles. The van der Waals surface area contributed by atoms with E-state index in [0.717, 1.165) is 0 Å². The van der Waals surface area contributed by atoms with Crippen LogP contribution in [0.15, 0.2) is 0 Å². The van der Waals surface area contributed by atoms with Crippen molar-refractivity contribution >= 4 is 47.7 Å². The van der Waals surface area contributed by atoms with Gasteiger partial charge in [-0.15, -0.1) is 0 Å². The fraction of sp³-hybridized carbons (Fsp3) is 0. The molecule has 0 amide bonds.